The van der Waals surface area contributed by atoms with Gasteiger partial charge in [0.15, 0.2) is 0 Å². The van der Waals surface area contributed by atoms with Crippen molar-refractivity contribution in [2.45, 2.75) is 0 Å². The van der Waals surface area contributed by atoms with Crippen molar-refractivity contribution < 1.29 is 8.83 Å². The largest absolute Gasteiger partial charge is 0.456 e. The van der Waals surface area contributed by atoms with Gasteiger partial charge in [-0.1, -0.05) is 127 Å². The quantitative estimate of drug-likeness (QED) is 0.173. The first-order valence-corrected chi connectivity index (χ1v) is 18.7. The number of hydrogen-bond acceptors (Lipinski definition) is 3. The lowest BCUT2D eigenvalue weighted by atomic mass is 9.98. The van der Waals surface area contributed by atoms with Gasteiger partial charge < -0.3 is 13.7 Å². The van der Waals surface area contributed by atoms with Gasteiger partial charge in [0.1, 0.15) is 22.3 Å². The predicted octanol–water partition coefficient (Wildman–Crippen LogP) is 15.1. The van der Waals surface area contributed by atoms with Gasteiger partial charge in [-0.05, 0) is 117 Å². The monoisotopic (exact) mass is 703 g/mol. The highest BCUT2D eigenvalue weighted by Crippen LogP contribution is 2.42. The number of para-hydroxylation sites is 2. The number of hydrogen-bond donors (Lipinski definition) is 0. The van der Waals surface area contributed by atoms with Crippen molar-refractivity contribution in [3.8, 4) is 33.4 Å². The summed E-state index contributed by atoms with van der Waals surface area (Å²) in [6.45, 7) is 0. The van der Waals surface area contributed by atoms with Gasteiger partial charge in [-0.2, -0.15) is 0 Å². The Hall–Kier alpha value is -7.36. The first-order valence-electron chi connectivity index (χ1n) is 18.7. The average Bonchev–Trinajstić information content (AvgIpc) is 3.82. The Morgan fingerprint density at radius 1 is 0.291 bits per heavy atom. The first-order chi connectivity index (χ1) is 27.2. The molecule has 0 fully saturated rings. The van der Waals surface area contributed by atoms with Gasteiger partial charge in [0.2, 0.25) is 0 Å². The molecule has 0 saturated carbocycles. The van der Waals surface area contributed by atoms with E-state index in [0.717, 1.165) is 83.2 Å². The normalized spacial score (nSPS) is 11.6. The Labute approximate surface area is 317 Å². The van der Waals surface area contributed by atoms with Crippen LogP contribution in [0, 0.1) is 0 Å². The van der Waals surface area contributed by atoms with Crippen LogP contribution in [0.3, 0.4) is 0 Å². The van der Waals surface area contributed by atoms with Gasteiger partial charge >= 0.3 is 0 Å². The Kier molecular flexibility index (Phi) is 7.17. The summed E-state index contributed by atoms with van der Waals surface area (Å²) in [6, 6.07) is 71.2. The van der Waals surface area contributed by atoms with Gasteiger partial charge in [-0.3, -0.25) is 0 Å². The highest BCUT2D eigenvalue weighted by atomic mass is 16.3. The maximum absolute atomic E-state index is 6.29. The second-order valence-corrected chi connectivity index (χ2v) is 14.1. The SMILES string of the molecule is c1cc(-c2ccc3oc4ccccc4c3c2)cc(N(c2ccc(-c3ccc4ccccc4c3)cc2)c2cccc(-c3cccc4oc5ccccc5c34)c2)c1. The van der Waals surface area contributed by atoms with Crippen LogP contribution >= 0.6 is 0 Å². The summed E-state index contributed by atoms with van der Waals surface area (Å²) in [6.07, 6.45) is 0. The molecule has 2 heterocycles. The summed E-state index contributed by atoms with van der Waals surface area (Å²) < 4.78 is 12.4. The Morgan fingerprint density at radius 3 is 1.69 bits per heavy atom. The molecule has 0 aliphatic carbocycles. The maximum atomic E-state index is 6.29. The molecule has 3 nitrogen and oxygen atoms in total. The van der Waals surface area contributed by atoms with Crippen molar-refractivity contribution in [3.63, 3.8) is 0 Å². The Morgan fingerprint density at radius 2 is 0.855 bits per heavy atom. The third kappa shape index (κ3) is 5.36. The smallest absolute Gasteiger partial charge is 0.136 e. The van der Waals surface area contributed by atoms with E-state index in [1.165, 1.54) is 21.9 Å². The zero-order valence-electron chi connectivity index (χ0n) is 29.8. The van der Waals surface area contributed by atoms with Crippen LogP contribution in [0.4, 0.5) is 17.1 Å². The van der Waals surface area contributed by atoms with E-state index in [9.17, 15) is 0 Å². The third-order valence-corrected chi connectivity index (χ3v) is 10.8. The van der Waals surface area contributed by atoms with Crippen LogP contribution in [0.25, 0.3) is 88.0 Å². The summed E-state index contributed by atoms with van der Waals surface area (Å²) in [7, 11) is 0. The van der Waals surface area contributed by atoms with Crippen molar-refractivity contribution in [2.24, 2.45) is 0 Å². The van der Waals surface area contributed by atoms with Crippen molar-refractivity contribution in [3.05, 3.63) is 200 Å². The molecule has 2 aromatic heterocycles. The number of furan rings is 2. The highest BCUT2D eigenvalue weighted by Gasteiger charge is 2.18. The lowest BCUT2D eigenvalue weighted by molar-refractivity contribution is 0.668. The molecule has 0 atom stereocenters. The second kappa shape index (κ2) is 12.6. The zero-order valence-corrected chi connectivity index (χ0v) is 29.8. The van der Waals surface area contributed by atoms with E-state index in [2.05, 4.69) is 181 Å². The minimum absolute atomic E-state index is 0.889. The van der Waals surface area contributed by atoms with E-state index >= 15 is 0 Å². The van der Waals surface area contributed by atoms with E-state index in [0.29, 0.717) is 0 Å². The topological polar surface area (TPSA) is 29.5 Å². The lowest BCUT2D eigenvalue weighted by Crippen LogP contribution is -2.10. The molecule has 55 heavy (non-hydrogen) atoms. The molecule has 258 valence electrons. The minimum atomic E-state index is 0.889. The standard InChI is InChI=1S/C52H33NO2/c1-2-11-36-30-38(23-22-34(36)10-1)35-24-27-41(28-25-35)53(42-14-7-12-37(31-42)39-26-29-50-47(33-39)45-16-3-5-19-48(45)54-50)43-15-8-13-40(32-43)44-18-9-21-51-52(44)46-17-4-6-20-49(46)55-51/h1-33H. The van der Waals surface area contributed by atoms with Crippen molar-refractivity contribution in [2.75, 3.05) is 4.90 Å². The van der Waals surface area contributed by atoms with E-state index in [-0.39, 0.29) is 0 Å². The number of rotatable bonds is 6. The van der Waals surface area contributed by atoms with Crippen LogP contribution in [0.1, 0.15) is 0 Å². The van der Waals surface area contributed by atoms with Crippen LogP contribution in [-0.2, 0) is 0 Å². The maximum Gasteiger partial charge on any atom is 0.136 e. The van der Waals surface area contributed by atoms with Crippen molar-refractivity contribution in [1.82, 2.24) is 0 Å². The molecule has 11 aromatic rings. The summed E-state index contributed by atoms with van der Waals surface area (Å²) in [5.74, 6) is 0. The van der Waals surface area contributed by atoms with Crippen LogP contribution in [0.15, 0.2) is 209 Å². The minimum Gasteiger partial charge on any atom is -0.456 e. The molecular formula is C52H33NO2. The van der Waals surface area contributed by atoms with E-state index < -0.39 is 0 Å². The van der Waals surface area contributed by atoms with Crippen molar-refractivity contribution >= 4 is 71.7 Å². The molecule has 0 amide bonds. The second-order valence-electron chi connectivity index (χ2n) is 14.1. The summed E-state index contributed by atoms with van der Waals surface area (Å²) in [5.41, 5.74) is 13.7. The van der Waals surface area contributed by atoms with Gasteiger partial charge in [-0.25, -0.2) is 0 Å². The van der Waals surface area contributed by atoms with Gasteiger partial charge in [0.25, 0.3) is 0 Å². The molecule has 11 rings (SSSR count). The molecule has 3 heteroatoms. The van der Waals surface area contributed by atoms with Gasteiger partial charge in [0, 0.05) is 38.6 Å². The fourth-order valence-electron chi connectivity index (χ4n) is 8.18. The highest BCUT2D eigenvalue weighted by molar-refractivity contribution is 6.12. The van der Waals surface area contributed by atoms with Gasteiger partial charge in [0.05, 0.1) is 0 Å². The molecule has 9 aromatic carbocycles. The summed E-state index contributed by atoms with van der Waals surface area (Å²) >= 11 is 0. The molecule has 0 bridgehead atoms. The molecule has 0 radical (unpaired) electrons. The van der Waals surface area contributed by atoms with Gasteiger partial charge in [-0.15, -0.1) is 0 Å². The van der Waals surface area contributed by atoms with Crippen LogP contribution in [-0.4, -0.2) is 0 Å². The van der Waals surface area contributed by atoms with E-state index in [1.807, 2.05) is 24.3 Å². The average molecular weight is 704 g/mol. The molecule has 0 aliphatic heterocycles. The predicted molar refractivity (Wildman–Crippen MR) is 229 cm³/mol. The molecule has 0 spiro atoms. The summed E-state index contributed by atoms with van der Waals surface area (Å²) in [4.78, 5) is 2.36. The third-order valence-electron chi connectivity index (χ3n) is 10.8. The molecule has 0 N–H and O–H groups in total. The first kappa shape index (κ1) is 31.2. The van der Waals surface area contributed by atoms with Crippen molar-refractivity contribution in [1.29, 1.82) is 0 Å². The lowest BCUT2D eigenvalue weighted by Gasteiger charge is -2.27. The van der Waals surface area contributed by atoms with E-state index in [4.69, 9.17) is 8.83 Å². The number of nitrogens with zero attached hydrogens (tertiary/aromatic N) is 1. The molecule has 0 aliphatic rings. The Bertz CT molecular complexity index is 3220. The Balaban J connectivity index is 1.05. The molecule has 0 saturated heterocycles. The summed E-state index contributed by atoms with van der Waals surface area (Å²) in [5, 5.41) is 6.98. The van der Waals surface area contributed by atoms with Crippen LogP contribution in [0.2, 0.25) is 0 Å². The fourth-order valence-corrected chi connectivity index (χ4v) is 8.18. The number of fused-ring (bicyclic) bond motifs is 7. The molecular weight excluding hydrogens is 671 g/mol. The van der Waals surface area contributed by atoms with Crippen LogP contribution < -0.4 is 4.90 Å². The fraction of sp³-hybridized carbons (Fsp3) is 0. The van der Waals surface area contributed by atoms with E-state index in [1.54, 1.807) is 0 Å². The number of benzene rings is 9. The molecule has 0 unspecified atom stereocenters. The number of anilines is 3. The van der Waals surface area contributed by atoms with Crippen LogP contribution in [0.5, 0.6) is 0 Å². The zero-order chi connectivity index (χ0) is 36.3.